The Kier molecular flexibility index (Phi) is 1.71. The van der Waals surface area contributed by atoms with Crippen LogP contribution in [0, 0.1) is 6.90 Å². The number of aromatic nitrogens is 2. The van der Waals surface area contributed by atoms with E-state index >= 15 is 0 Å². The van der Waals surface area contributed by atoms with Crippen LogP contribution in [0.15, 0.2) is 22.9 Å². The van der Waals surface area contributed by atoms with Gasteiger partial charge in [0.2, 0.25) is 0 Å². The van der Waals surface area contributed by atoms with Crippen molar-refractivity contribution in [1.82, 2.24) is 9.55 Å². The van der Waals surface area contributed by atoms with Crippen molar-refractivity contribution >= 4 is 28.2 Å². The number of ketones is 2. The first-order valence-electron chi connectivity index (χ1n) is 9.77. The van der Waals surface area contributed by atoms with Gasteiger partial charge in [-0.2, -0.15) is 0 Å². The van der Waals surface area contributed by atoms with Crippen LogP contribution in [0.2, 0.25) is 0 Å². The fraction of sp³-hybridized carbons (Fsp3) is 0.333. The standard InChI is InChI=1S/C15H15N3O3/c1-8-17-11-4-2-3-10(16)14(11)15(21)18(8)12-6-5-9(19)7-13(12)20/h2-4,12H,5-7,16H2,1H3/i1D,3D,4D,5D,6D2,12D. The molecule has 1 aliphatic carbocycles. The molecular formula is C15H15N3O3. The summed E-state index contributed by atoms with van der Waals surface area (Å²) in [5.41, 5.74) is 3.97. The molecule has 2 unspecified atom stereocenters. The predicted molar refractivity (Wildman–Crippen MR) is 78.1 cm³/mol. The highest BCUT2D eigenvalue weighted by atomic mass is 16.2. The van der Waals surface area contributed by atoms with Crippen LogP contribution in [0.3, 0.4) is 0 Å². The number of carbonyl (C=O) groups is 2. The van der Waals surface area contributed by atoms with Crippen molar-refractivity contribution in [1.29, 1.82) is 0 Å². The summed E-state index contributed by atoms with van der Waals surface area (Å²) in [5, 5.41) is -0.455. The minimum atomic E-state index is -3.10. The molecule has 6 nitrogen and oxygen atoms in total. The second-order valence-corrected chi connectivity index (χ2v) is 4.44. The molecular weight excluding hydrogens is 270 g/mol. The molecule has 108 valence electrons. The smallest absolute Gasteiger partial charge is 0.264 e. The molecule has 1 aromatic heterocycles. The molecule has 1 aromatic carbocycles. The van der Waals surface area contributed by atoms with Gasteiger partial charge in [-0.15, -0.1) is 0 Å². The van der Waals surface area contributed by atoms with Gasteiger partial charge in [0.25, 0.3) is 5.56 Å². The molecule has 1 saturated carbocycles. The molecule has 2 N–H and O–H groups in total. The molecule has 0 spiro atoms. The van der Waals surface area contributed by atoms with E-state index in [0.717, 1.165) is 6.07 Å². The van der Waals surface area contributed by atoms with Gasteiger partial charge in [-0.25, -0.2) is 4.98 Å². The lowest BCUT2D eigenvalue weighted by Crippen LogP contribution is -2.36. The molecule has 2 aromatic rings. The molecule has 0 aliphatic heterocycles. The van der Waals surface area contributed by atoms with Crippen molar-refractivity contribution in [2.45, 2.75) is 32.1 Å². The highest BCUT2D eigenvalue weighted by molar-refractivity contribution is 6.03. The van der Waals surface area contributed by atoms with Crippen LogP contribution in [0.25, 0.3) is 10.9 Å². The summed E-state index contributed by atoms with van der Waals surface area (Å²) in [5.74, 6) is -2.76. The number of nitrogens with zero attached hydrogens (tertiary/aromatic N) is 2. The van der Waals surface area contributed by atoms with Crippen LogP contribution in [-0.4, -0.2) is 21.1 Å². The number of anilines is 1. The zero-order valence-electron chi connectivity index (χ0n) is 17.8. The summed E-state index contributed by atoms with van der Waals surface area (Å²) in [6, 6.07) is -2.69. The molecule has 21 heavy (non-hydrogen) atoms. The summed E-state index contributed by atoms with van der Waals surface area (Å²) in [6.07, 6.45) is -6.12. The van der Waals surface area contributed by atoms with Gasteiger partial charge in [0.05, 0.1) is 27.5 Å². The van der Waals surface area contributed by atoms with Crippen LogP contribution in [0.5, 0.6) is 0 Å². The number of hydrogen-bond acceptors (Lipinski definition) is 5. The van der Waals surface area contributed by atoms with Crippen molar-refractivity contribution < 1.29 is 19.2 Å². The number of hydrogen-bond donors (Lipinski definition) is 1. The van der Waals surface area contributed by atoms with Gasteiger partial charge in [0.1, 0.15) is 11.6 Å². The lowest BCUT2D eigenvalue weighted by molar-refractivity contribution is -0.132. The number of rotatable bonds is 1. The molecule has 6 heteroatoms. The van der Waals surface area contributed by atoms with Gasteiger partial charge in [-0.3, -0.25) is 19.0 Å². The Balaban J connectivity index is 2.51. The van der Waals surface area contributed by atoms with Crippen LogP contribution in [0.1, 0.15) is 40.6 Å². The molecule has 0 bridgehead atoms. The summed E-state index contributed by atoms with van der Waals surface area (Å²) in [7, 11) is 0. The second-order valence-electron chi connectivity index (χ2n) is 4.44. The van der Waals surface area contributed by atoms with E-state index in [9.17, 15) is 14.4 Å². The number of fused-ring (bicyclic) bond motifs is 1. The van der Waals surface area contributed by atoms with E-state index < -0.39 is 60.4 Å². The van der Waals surface area contributed by atoms with E-state index in [0.29, 0.717) is 4.57 Å². The van der Waals surface area contributed by atoms with Gasteiger partial charge >= 0.3 is 0 Å². The van der Waals surface area contributed by atoms with Gasteiger partial charge < -0.3 is 5.73 Å². The van der Waals surface area contributed by atoms with Crippen molar-refractivity contribution in [3.8, 4) is 0 Å². The maximum absolute atomic E-state index is 13.2. The van der Waals surface area contributed by atoms with E-state index in [-0.39, 0.29) is 23.3 Å². The number of Topliss-reactive ketones (excluding diaryl/α,β-unsaturated/α-hetero) is 2. The fourth-order valence-corrected chi connectivity index (χ4v) is 2.11. The van der Waals surface area contributed by atoms with Gasteiger partial charge in [0, 0.05) is 17.6 Å². The third kappa shape index (κ3) is 2.12. The first-order valence-corrected chi connectivity index (χ1v) is 5.98. The van der Waals surface area contributed by atoms with E-state index in [1.807, 2.05) is 0 Å². The minimum Gasteiger partial charge on any atom is -0.398 e. The Morgan fingerprint density at radius 3 is 3.10 bits per heavy atom. The van der Waals surface area contributed by atoms with Gasteiger partial charge in [0.15, 0.2) is 5.78 Å². The zero-order valence-corrected chi connectivity index (χ0v) is 10.8. The van der Waals surface area contributed by atoms with Crippen LogP contribution >= 0.6 is 0 Å². The number of carbonyl (C=O) groups excluding carboxylic acids is 2. The normalized spacial score (nSPS) is 33.3. The topological polar surface area (TPSA) is 95.0 Å². The minimum absolute atomic E-state index is 0.247. The van der Waals surface area contributed by atoms with Crippen molar-refractivity contribution in [3.05, 3.63) is 34.3 Å². The van der Waals surface area contributed by atoms with E-state index in [2.05, 4.69) is 4.98 Å². The Bertz CT molecular complexity index is 1100. The Morgan fingerprint density at radius 1 is 1.52 bits per heavy atom. The van der Waals surface area contributed by atoms with E-state index in [1.54, 1.807) is 0 Å². The highest BCUT2D eigenvalue weighted by Gasteiger charge is 2.30. The molecule has 0 saturated heterocycles. The Labute approximate surface area is 130 Å². The summed E-state index contributed by atoms with van der Waals surface area (Å²) in [6.45, 7) is -0.742. The average Bonchev–Trinajstić information content (AvgIpc) is 2.62. The molecule has 0 amide bonds. The summed E-state index contributed by atoms with van der Waals surface area (Å²) < 4.78 is 56.1. The quantitative estimate of drug-likeness (QED) is 0.628. The maximum atomic E-state index is 13.2. The lowest BCUT2D eigenvalue weighted by atomic mass is 9.92. The third-order valence-corrected chi connectivity index (χ3v) is 3.05. The lowest BCUT2D eigenvalue weighted by Gasteiger charge is -2.24. The number of nitrogens with two attached hydrogens (primary N) is 1. The van der Waals surface area contributed by atoms with E-state index in [1.165, 1.54) is 0 Å². The third-order valence-electron chi connectivity index (χ3n) is 3.05. The van der Waals surface area contributed by atoms with Crippen LogP contribution in [0.4, 0.5) is 5.69 Å². The average molecular weight is 292 g/mol. The van der Waals surface area contributed by atoms with Crippen molar-refractivity contribution in [2.24, 2.45) is 0 Å². The van der Waals surface area contributed by atoms with Gasteiger partial charge in [-0.1, -0.05) is 6.07 Å². The molecule has 2 atom stereocenters. The first-order chi connectivity index (χ1) is 12.9. The number of aryl methyl sites for hydroxylation is 1. The number of benzene rings is 1. The Hall–Kier alpha value is -2.50. The zero-order chi connectivity index (χ0) is 21.2. The molecule has 1 heterocycles. The summed E-state index contributed by atoms with van der Waals surface area (Å²) >= 11 is 0. The highest BCUT2D eigenvalue weighted by Crippen LogP contribution is 2.24. The van der Waals surface area contributed by atoms with Crippen molar-refractivity contribution in [2.75, 3.05) is 5.73 Å². The largest absolute Gasteiger partial charge is 0.398 e. The maximum Gasteiger partial charge on any atom is 0.264 e. The molecule has 1 fully saturated rings. The number of nitrogen functional groups attached to an aromatic ring is 1. The summed E-state index contributed by atoms with van der Waals surface area (Å²) in [4.78, 5) is 41.5. The second kappa shape index (κ2) is 4.80. The molecule has 1 aliphatic rings. The Morgan fingerprint density at radius 2 is 2.33 bits per heavy atom. The van der Waals surface area contributed by atoms with Gasteiger partial charge in [-0.05, 0) is 25.4 Å². The fourth-order valence-electron chi connectivity index (χ4n) is 2.11. The monoisotopic (exact) mass is 292 g/mol. The predicted octanol–water partition coefficient (Wildman–Crippen LogP) is 1.15. The first kappa shape index (κ1) is 7.49. The molecule has 0 radical (unpaired) electrons. The van der Waals surface area contributed by atoms with Crippen molar-refractivity contribution in [3.63, 3.8) is 0 Å². The van der Waals surface area contributed by atoms with Crippen LogP contribution in [-0.2, 0) is 9.59 Å². The van der Waals surface area contributed by atoms with Crippen LogP contribution < -0.4 is 11.3 Å². The SMILES string of the molecule is [2H]Cc1nc2c([2H])cc([2H])c(N)c2c(=O)n1C1([2H])C(=O)CC(=O)C([2H])C1([2H])[2H]. The van der Waals surface area contributed by atoms with E-state index in [4.69, 9.17) is 15.3 Å². The molecule has 3 rings (SSSR count).